The smallest absolute Gasteiger partial charge is 0.249 e. The SMILES string of the molecule is O=C1CC[C@@H](N2C(=O)[C@@H]3C4c5ccccc5C(c5ccccc54)[C@H]3C2=O)C(=O)N1. The Bertz CT molecular complexity index is 1010. The van der Waals surface area contributed by atoms with Crippen molar-refractivity contribution < 1.29 is 19.2 Å². The molecule has 2 fully saturated rings. The number of likely N-dealkylation sites (tertiary alicyclic amines) is 1. The summed E-state index contributed by atoms with van der Waals surface area (Å²) < 4.78 is 0. The molecule has 7 rings (SSSR count). The molecule has 2 saturated heterocycles. The van der Waals surface area contributed by atoms with Crippen LogP contribution in [0.15, 0.2) is 48.5 Å². The summed E-state index contributed by atoms with van der Waals surface area (Å²) in [5.41, 5.74) is 4.40. The largest absolute Gasteiger partial charge is 0.295 e. The lowest BCUT2D eigenvalue weighted by atomic mass is 9.55. The molecule has 2 heterocycles. The molecule has 1 N–H and O–H groups in total. The average Bonchev–Trinajstić information content (AvgIpc) is 2.99. The number of benzene rings is 2. The fraction of sp³-hybridized carbons (Fsp3) is 0.304. The van der Waals surface area contributed by atoms with Gasteiger partial charge in [-0.05, 0) is 28.7 Å². The molecule has 3 atom stereocenters. The Morgan fingerprint density at radius 1 is 0.724 bits per heavy atom. The summed E-state index contributed by atoms with van der Waals surface area (Å²) in [7, 11) is 0. The van der Waals surface area contributed by atoms with Gasteiger partial charge in [-0.15, -0.1) is 0 Å². The van der Waals surface area contributed by atoms with Gasteiger partial charge in [0.15, 0.2) is 0 Å². The summed E-state index contributed by atoms with van der Waals surface area (Å²) in [6, 6.07) is 15.2. The van der Waals surface area contributed by atoms with E-state index < -0.39 is 23.8 Å². The fourth-order valence-corrected chi connectivity index (χ4v) is 5.94. The van der Waals surface area contributed by atoms with Crippen molar-refractivity contribution in [2.24, 2.45) is 11.8 Å². The van der Waals surface area contributed by atoms with Gasteiger partial charge in [-0.25, -0.2) is 0 Å². The normalized spacial score (nSPS) is 32.0. The van der Waals surface area contributed by atoms with E-state index in [0.29, 0.717) is 0 Å². The fourth-order valence-electron chi connectivity index (χ4n) is 5.94. The molecule has 2 aromatic carbocycles. The molecule has 2 bridgehead atoms. The molecule has 29 heavy (non-hydrogen) atoms. The van der Waals surface area contributed by atoms with Crippen LogP contribution in [0.5, 0.6) is 0 Å². The molecule has 0 spiro atoms. The van der Waals surface area contributed by atoms with Crippen LogP contribution in [0.25, 0.3) is 0 Å². The topological polar surface area (TPSA) is 83.6 Å². The van der Waals surface area contributed by atoms with Gasteiger partial charge in [-0.2, -0.15) is 0 Å². The molecule has 3 aliphatic carbocycles. The highest BCUT2D eigenvalue weighted by Crippen LogP contribution is 2.61. The van der Waals surface area contributed by atoms with Crippen molar-refractivity contribution in [3.63, 3.8) is 0 Å². The lowest BCUT2D eigenvalue weighted by Crippen LogP contribution is -2.54. The number of hydrogen-bond acceptors (Lipinski definition) is 4. The summed E-state index contributed by atoms with van der Waals surface area (Å²) in [5.74, 6) is -2.85. The maximum Gasteiger partial charge on any atom is 0.249 e. The average molecular weight is 386 g/mol. The van der Waals surface area contributed by atoms with E-state index in [2.05, 4.69) is 5.32 Å². The number of rotatable bonds is 1. The summed E-state index contributed by atoms with van der Waals surface area (Å²) in [6.07, 6.45) is 0.326. The predicted octanol–water partition coefficient (Wildman–Crippen LogP) is 1.68. The van der Waals surface area contributed by atoms with Crippen molar-refractivity contribution >= 4 is 23.6 Å². The van der Waals surface area contributed by atoms with Crippen LogP contribution >= 0.6 is 0 Å². The summed E-state index contributed by atoms with van der Waals surface area (Å²) in [4.78, 5) is 52.2. The number of nitrogens with one attached hydrogen (secondary N) is 1. The molecule has 0 saturated carbocycles. The van der Waals surface area contributed by atoms with Gasteiger partial charge in [0, 0.05) is 18.3 Å². The first-order valence-corrected chi connectivity index (χ1v) is 9.96. The summed E-state index contributed by atoms with van der Waals surface area (Å²) >= 11 is 0. The molecule has 2 aliphatic heterocycles. The Morgan fingerprint density at radius 2 is 1.17 bits per heavy atom. The van der Waals surface area contributed by atoms with Crippen molar-refractivity contribution in [3.05, 3.63) is 70.8 Å². The Hall–Kier alpha value is -3.28. The lowest BCUT2D eigenvalue weighted by Gasteiger charge is -2.45. The zero-order chi connectivity index (χ0) is 19.9. The third-order valence-corrected chi connectivity index (χ3v) is 7.00. The highest BCUT2D eigenvalue weighted by molar-refractivity contribution is 6.12. The summed E-state index contributed by atoms with van der Waals surface area (Å²) in [6.45, 7) is 0. The molecular formula is C23H18N2O4. The molecule has 2 aromatic rings. The van der Waals surface area contributed by atoms with E-state index in [4.69, 9.17) is 0 Å². The van der Waals surface area contributed by atoms with Crippen molar-refractivity contribution in [1.29, 1.82) is 0 Å². The quantitative estimate of drug-likeness (QED) is 0.756. The van der Waals surface area contributed by atoms with E-state index in [1.165, 1.54) is 0 Å². The highest BCUT2D eigenvalue weighted by atomic mass is 16.2. The second kappa shape index (κ2) is 5.63. The molecule has 0 aromatic heterocycles. The number of carbonyl (C=O) groups is 4. The number of imide groups is 2. The molecule has 0 unspecified atom stereocenters. The van der Waals surface area contributed by atoms with Crippen LogP contribution in [-0.4, -0.2) is 34.6 Å². The van der Waals surface area contributed by atoms with Crippen LogP contribution in [0, 0.1) is 11.8 Å². The first-order valence-electron chi connectivity index (χ1n) is 9.96. The van der Waals surface area contributed by atoms with Gasteiger partial charge in [-0.1, -0.05) is 48.5 Å². The Kier molecular flexibility index (Phi) is 3.23. The van der Waals surface area contributed by atoms with Crippen molar-refractivity contribution in [3.8, 4) is 0 Å². The minimum atomic E-state index is -0.899. The maximum atomic E-state index is 13.5. The van der Waals surface area contributed by atoms with Crippen molar-refractivity contribution in [1.82, 2.24) is 10.2 Å². The van der Waals surface area contributed by atoms with E-state index in [-0.39, 0.29) is 42.4 Å². The third kappa shape index (κ3) is 2.01. The van der Waals surface area contributed by atoms with E-state index >= 15 is 0 Å². The van der Waals surface area contributed by atoms with Crippen LogP contribution in [0.4, 0.5) is 0 Å². The zero-order valence-corrected chi connectivity index (χ0v) is 15.5. The minimum Gasteiger partial charge on any atom is -0.295 e. The van der Waals surface area contributed by atoms with Gasteiger partial charge in [0.2, 0.25) is 23.6 Å². The number of nitrogens with zero attached hydrogens (tertiary/aromatic N) is 1. The highest BCUT2D eigenvalue weighted by Gasteiger charge is 2.63. The van der Waals surface area contributed by atoms with Crippen LogP contribution in [0.3, 0.4) is 0 Å². The van der Waals surface area contributed by atoms with Gasteiger partial charge in [0.05, 0.1) is 11.8 Å². The van der Waals surface area contributed by atoms with Crippen molar-refractivity contribution in [2.45, 2.75) is 30.7 Å². The molecule has 5 aliphatic rings. The molecule has 6 nitrogen and oxygen atoms in total. The Balaban J connectivity index is 1.51. The number of amides is 4. The van der Waals surface area contributed by atoms with Gasteiger partial charge in [0.1, 0.15) is 6.04 Å². The second-order valence-corrected chi connectivity index (χ2v) is 8.28. The zero-order valence-electron chi connectivity index (χ0n) is 15.5. The minimum absolute atomic E-state index is 0.135. The van der Waals surface area contributed by atoms with Gasteiger partial charge < -0.3 is 0 Å². The number of carbonyl (C=O) groups excluding carboxylic acids is 4. The van der Waals surface area contributed by atoms with Gasteiger partial charge >= 0.3 is 0 Å². The monoisotopic (exact) mass is 386 g/mol. The van der Waals surface area contributed by atoms with E-state index in [1.807, 2.05) is 48.5 Å². The van der Waals surface area contributed by atoms with Crippen LogP contribution < -0.4 is 5.32 Å². The first kappa shape index (κ1) is 16.7. The maximum absolute atomic E-state index is 13.5. The van der Waals surface area contributed by atoms with Crippen molar-refractivity contribution in [2.75, 3.05) is 0 Å². The second-order valence-electron chi connectivity index (χ2n) is 8.28. The molecule has 144 valence electrons. The van der Waals surface area contributed by atoms with E-state index in [1.54, 1.807) is 0 Å². The first-order chi connectivity index (χ1) is 14.1. The Labute approximate surface area is 166 Å². The van der Waals surface area contributed by atoms with Crippen LogP contribution in [-0.2, 0) is 19.2 Å². The number of piperidine rings is 1. The number of hydrogen-bond donors (Lipinski definition) is 1. The lowest BCUT2D eigenvalue weighted by molar-refractivity contribution is -0.151. The van der Waals surface area contributed by atoms with Crippen LogP contribution in [0.2, 0.25) is 0 Å². The molecule has 4 amide bonds. The van der Waals surface area contributed by atoms with Gasteiger partial charge in [-0.3, -0.25) is 29.4 Å². The summed E-state index contributed by atoms with van der Waals surface area (Å²) in [5, 5.41) is 2.28. The van der Waals surface area contributed by atoms with Gasteiger partial charge in [0.25, 0.3) is 0 Å². The molecular weight excluding hydrogens is 368 g/mol. The Morgan fingerprint density at radius 3 is 1.59 bits per heavy atom. The molecule has 6 heteroatoms. The van der Waals surface area contributed by atoms with E-state index in [9.17, 15) is 19.2 Å². The molecule has 0 radical (unpaired) electrons. The van der Waals surface area contributed by atoms with Crippen LogP contribution in [0.1, 0.15) is 46.9 Å². The standard InChI is InChI=1S/C23H18N2O4/c26-16-10-9-15(21(27)24-16)25-22(28)19-17-11-5-1-2-6-12(11)18(20(19)23(25)29)14-8-4-3-7-13(14)17/h1-8,15,17-20H,9-10H2,(H,24,26,27)/t15-,17?,18?,19-,20-/m1/s1. The predicted molar refractivity (Wildman–Crippen MR) is 102 cm³/mol. The van der Waals surface area contributed by atoms with E-state index in [0.717, 1.165) is 27.2 Å². The third-order valence-electron chi connectivity index (χ3n) is 7.00.